The highest BCUT2D eigenvalue weighted by atomic mass is 35.5. The number of hydrogen-bond acceptors (Lipinski definition) is 3. The lowest BCUT2D eigenvalue weighted by atomic mass is 10.2. The number of rotatable bonds is 5. The van der Waals surface area contributed by atoms with E-state index in [0.29, 0.717) is 11.6 Å². The molecule has 0 aliphatic carbocycles. The molecule has 0 unspecified atom stereocenters. The third kappa shape index (κ3) is 4.96. The third-order valence-corrected chi connectivity index (χ3v) is 2.79. The van der Waals surface area contributed by atoms with E-state index in [4.69, 9.17) is 16.7 Å². The van der Waals surface area contributed by atoms with E-state index in [0.717, 1.165) is 4.90 Å². The maximum Gasteiger partial charge on any atom is 0.337 e. The number of carboxylic acid groups (broad SMARTS) is 1. The van der Waals surface area contributed by atoms with Gasteiger partial charge in [-0.1, -0.05) is 11.6 Å². The number of likely N-dealkylation sites (N-methyl/N-ethyl adjacent to an activating group) is 2. The lowest BCUT2D eigenvalue weighted by Crippen LogP contribution is -2.40. The van der Waals surface area contributed by atoms with Crippen LogP contribution in [0.4, 0.5) is 10.5 Å². The molecule has 0 saturated carbocycles. The molecule has 3 N–H and O–H groups in total. The molecule has 0 bridgehead atoms. The summed E-state index contributed by atoms with van der Waals surface area (Å²) in [6.45, 7) is 2.09. The van der Waals surface area contributed by atoms with Crippen LogP contribution in [0.1, 0.15) is 17.3 Å². The number of hydrogen-bond donors (Lipinski definition) is 3. The number of carbonyl (C=O) groups is 3. The van der Waals surface area contributed by atoms with Crippen molar-refractivity contribution in [3.05, 3.63) is 28.8 Å². The van der Waals surface area contributed by atoms with Crippen molar-refractivity contribution < 1.29 is 19.5 Å². The third-order valence-electron chi connectivity index (χ3n) is 2.56. The second kappa shape index (κ2) is 7.49. The fourth-order valence-corrected chi connectivity index (χ4v) is 1.73. The minimum Gasteiger partial charge on any atom is -0.478 e. The first-order chi connectivity index (χ1) is 9.85. The standard InChI is InChI=1S/C13H16ClN3O4/c1-3-15-11(18)7-17(2)13(21)16-10-6-8(14)4-5-9(10)12(19)20/h4-6H,3,7H2,1-2H3,(H,15,18)(H,16,21)(H,19,20). The summed E-state index contributed by atoms with van der Waals surface area (Å²) >= 11 is 5.79. The number of amides is 3. The molecule has 1 aromatic carbocycles. The van der Waals surface area contributed by atoms with Gasteiger partial charge in [-0.15, -0.1) is 0 Å². The number of urea groups is 1. The maximum absolute atomic E-state index is 11.9. The van der Waals surface area contributed by atoms with Gasteiger partial charge in [0, 0.05) is 18.6 Å². The summed E-state index contributed by atoms with van der Waals surface area (Å²) in [6, 6.07) is 3.44. The summed E-state index contributed by atoms with van der Waals surface area (Å²) in [5.74, 6) is -1.49. The minimum absolute atomic E-state index is 0.0720. The van der Waals surface area contributed by atoms with Crippen molar-refractivity contribution in [2.45, 2.75) is 6.92 Å². The molecule has 1 rings (SSSR count). The van der Waals surface area contributed by atoms with Crippen LogP contribution in [0, 0.1) is 0 Å². The summed E-state index contributed by atoms with van der Waals surface area (Å²) in [5, 5.41) is 14.3. The number of nitrogens with one attached hydrogen (secondary N) is 2. The Bertz CT molecular complexity index is 562. The highest BCUT2D eigenvalue weighted by molar-refractivity contribution is 6.31. The highest BCUT2D eigenvalue weighted by Gasteiger charge is 2.16. The Balaban J connectivity index is 2.80. The van der Waals surface area contributed by atoms with Crippen molar-refractivity contribution in [1.29, 1.82) is 0 Å². The van der Waals surface area contributed by atoms with Crippen LogP contribution >= 0.6 is 11.6 Å². The van der Waals surface area contributed by atoms with Gasteiger partial charge in [0.15, 0.2) is 0 Å². The number of benzene rings is 1. The number of nitrogens with zero attached hydrogens (tertiary/aromatic N) is 1. The maximum atomic E-state index is 11.9. The number of carbonyl (C=O) groups excluding carboxylic acids is 2. The number of carboxylic acids is 1. The second-order valence-corrected chi connectivity index (χ2v) is 4.67. The topological polar surface area (TPSA) is 98.7 Å². The average molecular weight is 314 g/mol. The van der Waals surface area contributed by atoms with E-state index in [1.54, 1.807) is 6.92 Å². The zero-order valence-electron chi connectivity index (χ0n) is 11.6. The second-order valence-electron chi connectivity index (χ2n) is 4.23. The van der Waals surface area contributed by atoms with E-state index in [2.05, 4.69) is 10.6 Å². The number of anilines is 1. The van der Waals surface area contributed by atoms with Crippen LogP contribution in [0.2, 0.25) is 5.02 Å². The van der Waals surface area contributed by atoms with Crippen molar-refractivity contribution in [2.75, 3.05) is 25.5 Å². The van der Waals surface area contributed by atoms with Crippen LogP contribution in [-0.4, -0.2) is 48.1 Å². The van der Waals surface area contributed by atoms with Gasteiger partial charge in [-0.3, -0.25) is 4.79 Å². The first-order valence-electron chi connectivity index (χ1n) is 6.16. The molecule has 0 spiro atoms. The zero-order valence-corrected chi connectivity index (χ0v) is 12.4. The van der Waals surface area contributed by atoms with Crippen LogP contribution in [-0.2, 0) is 4.79 Å². The fraction of sp³-hybridized carbons (Fsp3) is 0.308. The molecule has 0 heterocycles. The summed E-state index contributed by atoms with van der Waals surface area (Å²) in [5.41, 5.74) is -0.0121. The number of halogens is 1. The Kier molecular flexibility index (Phi) is 5.98. The van der Waals surface area contributed by atoms with E-state index in [1.807, 2.05) is 0 Å². The molecule has 0 saturated heterocycles. The van der Waals surface area contributed by atoms with Crippen molar-refractivity contribution in [2.24, 2.45) is 0 Å². The van der Waals surface area contributed by atoms with Crippen molar-refractivity contribution >= 4 is 35.2 Å². The molecule has 3 amide bonds. The Hall–Kier alpha value is -2.28. The molecule has 0 fully saturated rings. The molecule has 7 nitrogen and oxygen atoms in total. The van der Waals surface area contributed by atoms with Crippen LogP contribution in [0.15, 0.2) is 18.2 Å². The van der Waals surface area contributed by atoms with Gasteiger partial charge in [0.25, 0.3) is 0 Å². The molecular weight excluding hydrogens is 298 g/mol. The van der Waals surface area contributed by atoms with Gasteiger partial charge >= 0.3 is 12.0 Å². The molecular formula is C13H16ClN3O4. The van der Waals surface area contributed by atoms with E-state index in [1.165, 1.54) is 25.2 Å². The smallest absolute Gasteiger partial charge is 0.337 e. The van der Waals surface area contributed by atoms with E-state index in [9.17, 15) is 14.4 Å². The monoisotopic (exact) mass is 313 g/mol. The van der Waals surface area contributed by atoms with Gasteiger partial charge in [-0.25, -0.2) is 9.59 Å². The zero-order chi connectivity index (χ0) is 16.0. The van der Waals surface area contributed by atoms with Crippen molar-refractivity contribution in [3.8, 4) is 0 Å². The molecule has 1 aromatic rings. The normalized spacial score (nSPS) is 9.86. The predicted octanol–water partition coefficient (Wildman–Crippen LogP) is 1.64. The van der Waals surface area contributed by atoms with E-state index < -0.39 is 12.0 Å². The van der Waals surface area contributed by atoms with Gasteiger partial charge < -0.3 is 20.6 Å². The Morgan fingerprint density at radius 2 is 2.00 bits per heavy atom. The van der Waals surface area contributed by atoms with Gasteiger partial charge in [-0.05, 0) is 25.1 Å². The Morgan fingerprint density at radius 1 is 1.33 bits per heavy atom. The van der Waals surface area contributed by atoms with Gasteiger partial charge in [0.05, 0.1) is 11.3 Å². The van der Waals surface area contributed by atoms with Crippen molar-refractivity contribution in [3.63, 3.8) is 0 Å². The molecule has 0 atom stereocenters. The predicted molar refractivity (Wildman–Crippen MR) is 78.7 cm³/mol. The molecule has 0 aliphatic heterocycles. The number of aromatic carboxylic acids is 1. The lowest BCUT2D eigenvalue weighted by Gasteiger charge is -2.18. The Morgan fingerprint density at radius 3 is 2.57 bits per heavy atom. The molecule has 0 radical (unpaired) electrons. The fourth-order valence-electron chi connectivity index (χ4n) is 1.56. The summed E-state index contributed by atoms with van der Waals surface area (Å²) < 4.78 is 0. The SMILES string of the molecule is CCNC(=O)CN(C)C(=O)Nc1cc(Cl)ccc1C(=O)O. The lowest BCUT2D eigenvalue weighted by molar-refractivity contribution is -0.121. The largest absolute Gasteiger partial charge is 0.478 e. The summed E-state index contributed by atoms with van der Waals surface area (Å²) in [4.78, 5) is 35.5. The highest BCUT2D eigenvalue weighted by Crippen LogP contribution is 2.21. The molecule has 8 heteroatoms. The van der Waals surface area contributed by atoms with Gasteiger partial charge in [0.2, 0.25) is 5.91 Å². The molecule has 0 aromatic heterocycles. The summed E-state index contributed by atoms with van der Waals surface area (Å²) in [7, 11) is 1.43. The van der Waals surface area contributed by atoms with Crippen LogP contribution in [0.3, 0.4) is 0 Å². The van der Waals surface area contributed by atoms with E-state index >= 15 is 0 Å². The van der Waals surface area contributed by atoms with Crippen LogP contribution < -0.4 is 10.6 Å². The minimum atomic E-state index is -1.19. The van der Waals surface area contributed by atoms with Gasteiger partial charge in [0.1, 0.15) is 6.54 Å². The van der Waals surface area contributed by atoms with Crippen molar-refractivity contribution in [1.82, 2.24) is 10.2 Å². The van der Waals surface area contributed by atoms with Crippen LogP contribution in [0.25, 0.3) is 0 Å². The first-order valence-corrected chi connectivity index (χ1v) is 6.54. The quantitative estimate of drug-likeness (QED) is 0.769. The Labute approximate surface area is 126 Å². The molecule has 21 heavy (non-hydrogen) atoms. The first kappa shape index (κ1) is 16.8. The summed E-state index contributed by atoms with van der Waals surface area (Å²) in [6.07, 6.45) is 0. The van der Waals surface area contributed by atoms with Gasteiger partial charge in [-0.2, -0.15) is 0 Å². The molecule has 114 valence electrons. The van der Waals surface area contributed by atoms with Crippen LogP contribution in [0.5, 0.6) is 0 Å². The van der Waals surface area contributed by atoms with E-state index in [-0.39, 0.29) is 23.7 Å². The average Bonchev–Trinajstić information content (AvgIpc) is 2.38. The molecule has 0 aliphatic rings.